The van der Waals surface area contributed by atoms with Crippen LogP contribution in [-0.4, -0.2) is 76.1 Å². The molecule has 2 aliphatic rings. The van der Waals surface area contributed by atoms with Crippen LogP contribution >= 0.6 is 23.4 Å². The summed E-state index contributed by atoms with van der Waals surface area (Å²) in [4.78, 5) is 40.1. The molecule has 2 saturated heterocycles. The number of carbonyl (C=O) groups is 2. The van der Waals surface area contributed by atoms with Crippen LogP contribution in [0.5, 0.6) is 0 Å². The summed E-state index contributed by atoms with van der Waals surface area (Å²) in [6.07, 6.45) is 3.36. The largest absolute Gasteiger partial charge is 0.353 e. The Morgan fingerprint density at radius 3 is 2.47 bits per heavy atom. The molecule has 0 radical (unpaired) electrons. The Hall–Kier alpha value is -1.54. The number of piperazine rings is 1. The van der Waals surface area contributed by atoms with Gasteiger partial charge in [0.05, 0.1) is 5.75 Å². The van der Waals surface area contributed by atoms with Crippen molar-refractivity contribution in [1.82, 2.24) is 19.8 Å². The number of nitrogens with zero attached hydrogens (tertiary/aromatic N) is 5. The minimum absolute atomic E-state index is 0.0796. The zero-order valence-corrected chi connectivity index (χ0v) is 19.9. The van der Waals surface area contributed by atoms with Crippen LogP contribution in [-0.2, 0) is 9.59 Å². The quantitative estimate of drug-likeness (QED) is 0.395. The molecule has 1 aromatic heterocycles. The van der Waals surface area contributed by atoms with Crippen LogP contribution in [0.15, 0.2) is 11.2 Å². The highest BCUT2D eigenvalue weighted by molar-refractivity contribution is 7.99. The predicted molar refractivity (Wildman–Crippen MR) is 121 cm³/mol. The maximum Gasteiger partial charge on any atom is 0.233 e. The van der Waals surface area contributed by atoms with Crippen molar-refractivity contribution in [1.29, 1.82) is 0 Å². The van der Waals surface area contributed by atoms with Crippen molar-refractivity contribution in [3.05, 3.63) is 11.2 Å². The number of likely N-dealkylation sites (tertiary alicyclic amines) is 1. The topological polar surface area (TPSA) is 69.6 Å². The van der Waals surface area contributed by atoms with E-state index in [0.717, 1.165) is 31.7 Å². The Bertz CT molecular complexity index is 779. The van der Waals surface area contributed by atoms with Gasteiger partial charge in [0.25, 0.3) is 0 Å². The Morgan fingerprint density at radius 2 is 1.83 bits per heavy atom. The molecular weight excluding hydrogens is 422 g/mol. The van der Waals surface area contributed by atoms with Gasteiger partial charge in [0.15, 0.2) is 5.16 Å². The fourth-order valence-electron chi connectivity index (χ4n) is 3.87. The van der Waals surface area contributed by atoms with Gasteiger partial charge in [-0.2, -0.15) is 0 Å². The van der Waals surface area contributed by atoms with Gasteiger partial charge in [-0.3, -0.25) is 9.59 Å². The summed E-state index contributed by atoms with van der Waals surface area (Å²) >= 11 is 7.59. The number of hydrogen-bond acceptors (Lipinski definition) is 6. The van der Waals surface area contributed by atoms with Gasteiger partial charge < -0.3 is 14.7 Å². The third kappa shape index (κ3) is 5.78. The normalized spacial score (nSPS) is 20.4. The second-order valence-electron chi connectivity index (χ2n) is 9.11. The van der Waals surface area contributed by atoms with Crippen molar-refractivity contribution in [3.8, 4) is 0 Å². The lowest BCUT2D eigenvalue weighted by molar-refractivity contribution is -0.142. The second kappa shape index (κ2) is 9.73. The van der Waals surface area contributed by atoms with Crippen molar-refractivity contribution in [2.24, 2.45) is 5.41 Å². The van der Waals surface area contributed by atoms with Gasteiger partial charge in [0.2, 0.25) is 11.8 Å². The third-order valence-corrected chi connectivity index (χ3v) is 6.57. The Kier molecular flexibility index (Phi) is 7.50. The number of piperidine rings is 1. The molecule has 1 unspecified atom stereocenters. The molecule has 30 heavy (non-hydrogen) atoms. The molecule has 1 atom stereocenters. The third-order valence-electron chi connectivity index (χ3n) is 5.55. The number of rotatable bonds is 4. The summed E-state index contributed by atoms with van der Waals surface area (Å²) in [6.45, 7) is 11.6. The zero-order chi connectivity index (χ0) is 21.9. The highest BCUT2D eigenvalue weighted by Crippen LogP contribution is 2.26. The molecule has 2 aliphatic heterocycles. The first kappa shape index (κ1) is 23.1. The molecule has 166 valence electrons. The molecule has 9 heteroatoms. The van der Waals surface area contributed by atoms with E-state index in [9.17, 15) is 9.59 Å². The summed E-state index contributed by atoms with van der Waals surface area (Å²) in [7, 11) is 0. The Labute approximate surface area is 188 Å². The molecule has 0 bridgehead atoms. The van der Waals surface area contributed by atoms with Crippen LogP contribution in [0.25, 0.3) is 0 Å². The van der Waals surface area contributed by atoms with Crippen LogP contribution < -0.4 is 4.90 Å². The van der Waals surface area contributed by atoms with Crippen molar-refractivity contribution in [2.45, 2.75) is 58.2 Å². The monoisotopic (exact) mass is 453 g/mol. The Balaban J connectivity index is 1.62. The first-order valence-electron chi connectivity index (χ1n) is 10.7. The van der Waals surface area contributed by atoms with Gasteiger partial charge in [0, 0.05) is 50.2 Å². The first-order valence-corrected chi connectivity index (χ1v) is 12.0. The van der Waals surface area contributed by atoms with Crippen molar-refractivity contribution in [2.75, 3.05) is 43.4 Å². The van der Waals surface area contributed by atoms with Crippen molar-refractivity contribution in [3.63, 3.8) is 0 Å². The standard InChI is InChI=1S/C21H32ClN5O2S/c1-15-13-26(10-11-27(15)19(29)21(2,3)4)17-12-16(22)23-20(24-17)30-14-18(28)25-8-6-5-7-9-25/h12,15H,5-11,13-14H2,1-4H3. The average molecular weight is 454 g/mol. The van der Waals surface area contributed by atoms with E-state index in [2.05, 4.69) is 21.8 Å². The van der Waals surface area contributed by atoms with E-state index in [1.165, 1.54) is 18.2 Å². The highest BCUT2D eigenvalue weighted by atomic mass is 35.5. The van der Waals surface area contributed by atoms with Gasteiger partial charge in [-0.25, -0.2) is 9.97 Å². The number of halogens is 1. The van der Waals surface area contributed by atoms with E-state index in [1.54, 1.807) is 6.07 Å². The molecule has 0 saturated carbocycles. The molecule has 0 aliphatic carbocycles. The summed E-state index contributed by atoms with van der Waals surface area (Å²) in [6, 6.07) is 1.84. The smallest absolute Gasteiger partial charge is 0.233 e. The van der Waals surface area contributed by atoms with Crippen LogP contribution in [0, 0.1) is 5.41 Å². The average Bonchev–Trinajstić information content (AvgIpc) is 2.71. The minimum Gasteiger partial charge on any atom is -0.353 e. The molecule has 0 aromatic carbocycles. The number of hydrogen-bond donors (Lipinski definition) is 0. The van der Waals surface area contributed by atoms with E-state index >= 15 is 0 Å². The van der Waals surface area contributed by atoms with Gasteiger partial charge in [-0.05, 0) is 26.2 Å². The fourth-order valence-corrected chi connectivity index (χ4v) is 4.85. The minimum atomic E-state index is -0.390. The molecule has 7 nitrogen and oxygen atoms in total. The van der Waals surface area contributed by atoms with E-state index in [1.807, 2.05) is 30.6 Å². The molecule has 1 aromatic rings. The van der Waals surface area contributed by atoms with E-state index in [0.29, 0.717) is 35.7 Å². The highest BCUT2D eigenvalue weighted by Gasteiger charge is 2.34. The van der Waals surface area contributed by atoms with Crippen LogP contribution in [0.3, 0.4) is 0 Å². The maximum atomic E-state index is 12.7. The van der Waals surface area contributed by atoms with E-state index in [-0.39, 0.29) is 23.3 Å². The molecular formula is C21H32ClN5O2S. The number of carbonyl (C=O) groups excluding carboxylic acids is 2. The second-order valence-corrected chi connectivity index (χ2v) is 10.4. The lowest BCUT2D eigenvalue weighted by Gasteiger charge is -2.42. The summed E-state index contributed by atoms with van der Waals surface area (Å²) in [5.74, 6) is 1.37. The predicted octanol–water partition coefficient (Wildman–Crippen LogP) is 3.32. The fraction of sp³-hybridized carbons (Fsp3) is 0.714. The summed E-state index contributed by atoms with van der Waals surface area (Å²) in [5.41, 5.74) is -0.390. The number of anilines is 1. The first-order chi connectivity index (χ1) is 14.1. The molecule has 0 spiro atoms. The van der Waals surface area contributed by atoms with E-state index < -0.39 is 0 Å². The molecule has 2 amide bonds. The molecule has 3 heterocycles. The lowest BCUT2D eigenvalue weighted by atomic mass is 9.93. The van der Waals surface area contributed by atoms with Crippen molar-refractivity contribution < 1.29 is 9.59 Å². The number of thioether (sulfide) groups is 1. The SMILES string of the molecule is CC1CN(c2cc(Cl)nc(SCC(=O)N3CCCCC3)n2)CCN1C(=O)C(C)(C)C. The number of amides is 2. The van der Waals surface area contributed by atoms with Crippen LogP contribution in [0.1, 0.15) is 47.0 Å². The van der Waals surface area contributed by atoms with Gasteiger partial charge >= 0.3 is 0 Å². The van der Waals surface area contributed by atoms with Crippen molar-refractivity contribution >= 4 is 41.0 Å². The molecule has 3 rings (SSSR count). The maximum absolute atomic E-state index is 12.7. The van der Waals surface area contributed by atoms with Gasteiger partial charge in [-0.1, -0.05) is 44.1 Å². The van der Waals surface area contributed by atoms with E-state index in [4.69, 9.17) is 11.6 Å². The van der Waals surface area contributed by atoms with Gasteiger partial charge in [-0.15, -0.1) is 0 Å². The Morgan fingerprint density at radius 1 is 1.13 bits per heavy atom. The van der Waals surface area contributed by atoms with Gasteiger partial charge in [0.1, 0.15) is 11.0 Å². The van der Waals surface area contributed by atoms with Crippen LogP contribution in [0.4, 0.5) is 5.82 Å². The molecule has 0 N–H and O–H groups in total. The lowest BCUT2D eigenvalue weighted by Crippen LogP contribution is -2.56. The van der Waals surface area contributed by atoms with Crippen LogP contribution in [0.2, 0.25) is 5.15 Å². The zero-order valence-electron chi connectivity index (χ0n) is 18.4. The summed E-state index contributed by atoms with van der Waals surface area (Å²) < 4.78 is 0. The summed E-state index contributed by atoms with van der Waals surface area (Å²) in [5, 5.41) is 0.887. The number of aromatic nitrogens is 2. The molecule has 2 fully saturated rings.